The maximum atomic E-state index is 13.2. The van der Waals surface area contributed by atoms with Gasteiger partial charge < -0.3 is 15.4 Å². The maximum Gasteiger partial charge on any atom is 0.191 e. The second kappa shape index (κ2) is 13.2. The lowest BCUT2D eigenvalue weighted by Crippen LogP contribution is -2.48. The summed E-state index contributed by atoms with van der Waals surface area (Å²) < 4.78 is 18.7. The van der Waals surface area contributed by atoms with E-state index in [1.54, 1.807) is 30.6 Å². The van der Waals surface area contributed by atoms with Crippen molar-refractivity contribution in [2.24, 2.45) is 4.99 Å². The minimum absolute atomic E-state index is 0. The number of hydrogen-bond acceptors (Lipinski definition) is 4. The predicted octanol–water partition coefficient (Wildman–Crippen LogP) is 4.41. The Labute approximate surface area is 200 Å². The van der Waals surface area contributed by atoms with E-state index in [9.17, 15) is 4.39 Å². The molecule has 0 radical (unpaired) electrons. The first kappa shape index (κ1) is 25.0. The summed E-state index contributed by atoms with van der Waals surface area (Å²) in [6.45, 7) is 6.56. The number of hydrogen-bond donors (Lipinski definition) is 2. The molecule has 1 aliphatic heterocycles. The molecular weight excluding hydrogens is 514 g/mol. The van der Waals surface area contributed by atoms with Gasteiger partial charge >= 0.3 is 0 Å². The van der Waals surface area contributed by atoms with Crippen LogP contribution in [0.25, 0.3) is 0 Å². The van der Waals surface area contributed by atoms with E-state index < -0.39 is 0 Å². The second-order valence-corrected chi connectivity index (χ2v) is 8.10. The Morgan fingerprint density at radius 3 is 2.60 bits per heavy atom. The normalized spacial score (nSPS) is 16.7. The Morgan fingerprint density at radius 2 is 2.00 bits per heavy atom. The molecule has 0 aliphatic carbocycles. The molecule has 2 N–H and O–H groups in total. The summed E-state index contributed by atoms with van der Waals surface area (Å²) in [5.41, 5.74) is 2.33. The molecule has 1 aromatic carbocycles. The highest BCUT2D eigenvalue weighted by Gasteiger charge is 2.20. The topological polar surface area (TPSA) is 48.9 Å². The van der Waals surface area contributed by atoms with Crippen LogP contribution in [0.15, 0.2) is 46.1 Å². The highest BCUT2D eigenvalue weighted by Crippen LogP contribution is 2.18. The van der Waals surface area contributed by atoms with Crippen LogP contribution in [0.1, 0.15) is 37.0 Å². The number of rotatable bonds is 8. The predicted molar refractivity (Wildman–Crippen MR) is 133 cm³/mol. The van der Waals surface area contributed by atoms with Crippen LogP contribution in [0, 0.1) is 5.82 Å². The summed E-state index contributed by atoms with van der Waals surface area (Å²) in [7, 11) is 1.66. The van der Waals surface area contributed by atoms with E-state index in [0.29, 0.717) is 12.6 Å². The molecule has 1 fully saturated rings. The van der Waals surface area contributed by atoms with E-state index in [-0.39, 0.29) is 35.9 Å². The number of aliphatic imine (C=N–C) groups is 1. The third-order valence-corrected chi connectivity index (χ3v) is 5.93. The van der Waals surface area contributed by atoms with Gasteiger partial charge in [-0.15, -0.1) is 24.0 Å². The minimum atomic E-state index is -0.243. The summed E-state index contributed by atoms with van der Waals surface area (Å²) in [6.07, 6.45) is 2.00. The number of nitrogens with zero attached hydrogens (tertiary/aromatic N) is 2. The molecular formula is C22H32FIN4OS. The number of likely N-dealkylation sites (tertiary alicyclic amines) is 1. The number of guanidine groups is 1. The second-order valence-electron chi connectivity index (χ2n) is 7.32. The largest absolute Gasteiger partial charge is 0.375 e. The third-order valence-electron chi connectivity index (χ3n) is 5.20. The van der Waals surface area contributed by atoms with E-state index in [0.717, 1.165) is 50.5 Å². The van der Waals surface area contributed by atoms with Crippen LogP contribution in [0.3, 0.4) is 0 Å². The Kier molecular flexibility index (Phi) is 11.0. The van der Waals surface area contributed by atoms with Gasteiger partial charge in [-0.2, -0.15) is 11.3 Å². The van der Waals surface area contributed by atoms with E-state index >= 15 is 0 Å². The van der Waals surface area contributed by atoms with E-state index in [4.69, 9.17) is 9.73 Å². The van der Waals surface area contributed by atoms with Crippen molar-refractivity contribution in [1.82, 2.24) is 15.5 Å². The molecule has 1 saturated heterocycles. The van der Waals surface area contributed by atoms with Gasteiger partial charge in [-0.25, -0.2) is 4.39 Å². The average Bonchev–Trinajstić information content (AvgIpc) is 3.24. The molecule has 2 aromatic rings. The number of piperidine rings is 1. The van der Waals surface area contributed by atoms with Crippen molar-refractivity contribution in [3.63, 3.8) is 0 Å². The number of halogens is 2. The molecule has 2 heterocycles. The average molecular weight is 546 g/mol. The van der Waals surface area contributed by atoms with E-state index in [1.165, 1.54) is 17.7 Å². The SMILES string of the molecule is CCNC(=NCC(OC)c1ccc(F)cc1)NC1CCN(Cc2ccsc2)CC1.I. The lowest BCUT2D eigenvalue weighted by Gasteiger charge is -2.33. The summed E-state index contributed by atoms with van der Waals surface area (Å²) in [5.74, 6) is 0.570. The standard InChI is InChI=1S/C22H31FN4OS.HI/c1-3-24-22(25-14-21(28-2)18-4-6-19(23)7-5-18)26-20-8-11-27(12-9-20)15-17-10-13-29-16-17;/h4-7,10,13,16,20-21H,3,8-9,11-12,14-15H2,1-2H3,(H2,24,25,26);1H. The number of thiophene rings is 1. The van der Waals surface area contributed by atoms with Gasteiger partial charge in [0.1, 0.15) is 11.9 Å². The van der Waals surface area contributed by atoms with Gasteiger partial charge in [0.2, 0.25) is 0 Å². The van der Waals surface area contributed by atoms with Crippen molar-refractivity contribution in [3.05, 3.63) is 58.0 Å². The number of methoxy groups -OCH3 is 1. The molecule has 1 aromatic heterocycles. The molecule has 0 spiro atoms. The maximum absolute atomic E-state index is 13.2. The lowest BCUT2D eigenvalue weighted by molar-refractivity contribution is 0.110. The first-order valence-corrected chi connectivity index (χ1v) is 11.2. The first-order chi connectivity index (χ1) is 14.2. The smallest absolute Gasteiger partial charge is 0.191 e. The van der Waals surface area contributed by atoms with Crippen molar-refractivity contribution in [2.45, 2.75) is 38.5 Å². The van der Waals surface area contributed by atoms with Crippen LogP contribution in [0.4, 0.5) is 4.39 Å². The molecule has 3 rings (SSSR count). The van der Waals surface area contributed by atoms with Crippen LogP contribution in [0.5, 0.6) is 0 Å². The Morgan fingerprint density at radius 1 is 1.27 bits per heavy atom. The van der Waals surface area contributed by atoms with Gasteiger partial charge in [0.25, 0.3) is 0 Å². The number of benzene rings is 1. The summed E-state index contributed by atoms with van der Waals surface area (Å²) in [4.78, 5) is 7.23. The third kappa shape index (κ3) is 7.79. The summed E-state index contributed by atoms with van der Waals surface area (Å²) in [6, 6.07) is 9.04. The van der Waals surface area contributed by atoms with Crippen molar-refractivity contribution >= 4 is 41.3 Å². The molecule has 0 saturated carbocycles. The molecule has 1 aliphatic rings. The highest BCUT2D eigenvalue weighted by molar-refractivity contribution is 14.0. The fraction of sp³-hybridized carbons (Fsp3) is 0.500. The highest BCUT2D eigenvalue weighted by atomic mass is 127. The first-order valence-electron chi connectivity index (χ1n) is 10.2. The zero-order valence-electron chi connectivity index (χ0n) is 17.6. The van der Waals surface area contributed by atoms with Crippen molar-refractivity contribution in [1.29, 1.82) is 0 Å². The van der Waals surface area contributed by atoms with E-state index in [1.807, 2.05) is 0 Å². The molecule has 166 valence electrons. The van der Waals surface area contributed by atoms with Crippen molar-refractivity contribution in [3.8, 4) is 0 Å². The van der Waals surface area contributed by atoms with Crippen LogP contribution in [-0.4, -0.2) is 50.2 Å². The number of nitrogens with one attached hydrogen (secondary N) is 2. The Hall–Kier alpha value is -1.23. The van der Waals surface area contributed by atoms with Gasteiger partial charge in [0.15, 0.2) is 5.96 Å². The molecule has 5 nitrogen and oxygen atoms in total. The zero-order chi connectivity index (χ0) is 20.5. The van der Waals surface area contributed by atoms with Gasteiger partial charge in [0.05, 0.1) is 6.54 Å². The lowest BCUT2D eigenvalue weighted by atomic mass is 10.0. The van der Waals surface area contributed by atoms with Crippen molar-refractivity contribution < 1.29 is 9.13 Å². The van der Waals surface area contributed by atoms with Gasteiger partial charge in [-0.1, -0.05) is 12.1 Å². The fourth-order valence-corrected chi connectivity index (χ4v) is 4.22. The monoisotopic (exact) mass is 546 g/mol. The van der Waals surface area contributed by atoms with E-state index in [2.05, 4.69) is 39.3 Å². The molecule has 1 unspecified atom stereocenters. The molecule has 8 heteroatoms. The quantitative estimate of drug-likeness (QED) is 0.293. The summed E-state index contributed by atoms with van der Waals surface area (Å²) in [5, 5.41) is 11.3. The Bertz CT molecular complexity index is 749. The van der Waals surface area contributed by atoms with Gasteiger partial charge in [-0.3, -0.25) is 9.89 Å². The van der Waals surface area contributed by atoms with Crippen LogP contribution in [0.2, 0.25) is 0 Å². The van der Waals surface area contributed by atoms with Gasteiger partial charge in [-0.05, 0) is 59.9 Å². The van der Waals surface area contributed by atoms with Gasteiger partial charge in [0, 0.05) is 39.3 Å². The van der Waals surface area contributed by atoms with Crippen LogP contribution < -0.4 is 10.6 Å². The number of ether oxygens (including phenoxy) is 1. The minimum Gasteiger partial charge on any atom is -0.375 e. The Balaban J connectivity index is 0.00000320. The summed E-state index contributed by atoms with van der Waals surface area (Å²) >= 11 is 1.76. The fourth-order valence-electron chi connectivity index (χ4n) is 3.56. The molecule has 0 bridgehead atoms. The molecule has 1 atom stereocenters. The van der Waals surface area contributed by atoms with Crippen molar-refractivity contribution in [2.75, 3.05) is 33.3 Å². The zero-order valence-corrected chi connectivity index (χ0v) is 20.8. The molecule has 30 heavy (non-hydrogen) atoms. The van der Waals surface area contributed by atoms with Crippen LogP contribution >= 0.6 is 35.3 Å². The van der Waals surface area contributed by atoms with Crippen LogP contribution in [-0.2, 0) is 11.3 Å². The molecule has 0 amide bonds.